The fourth-order valence-corrected chi connectivity index (χ4v) is 2.27. The van der Waals surface area contributed by atoms with Crippen LogP contribution in [-0.4, -0.2) is 11.9 Å². The molecule has 0 heterocycles. The minimum Gasteiger partial charge on any atom is -0.313 e. The average Bonchev–Trinajstić information content (AvgIpc) is 2.26. The highest BCUT2D eigenvalue weighted by Gasteiger charge is 2.04. The number of hydrogen-bond acceptors (Lipinski definition) is 1. The zero-order valence-electron chi connectivity index (χ0n) is 11.4. The molecule has 1 aromatic carbocycles. The maximum Gasteiger partial charge on any atom is 0.0345 e. The van der Waals surface area contributed by atoms with Crippen LogP contribution < -0.4 is 5.32 Å². The SMILES string of the molecule is CCC(Cl)CCNCc1c(C)cc(C)cc1C. The van der Waals surface area contributed by atoms with E-state index in [4.69, 9.17) is 11.6 Å². The maximum atomic E-state index is 6.09. The summed E-state index contributed by atoms with van der Waals surface area (Å²) in [5.74, 6) is 0. The number of hydrogen-bond donors (Lipinski definition) is 1. The fraction of sp³-hybridized carbons (Fsp3) is 0.600. The smallest absolute Gasteiger partial charge is 0.0345 e. The molecule has 0 radical (unpaired) electrons. The van der Waals surface area contributed by atoms with E-state index in [1.807, 2.05) is 0 Å². The summed E-state index contributed by atoms with van der Waals surface area (Å²) in [6, 6.07) is 4.50. The molecule has 0 saturated carbocycles. The number of nitrogens with one attached hydrogen (secondary N) is 1. The molecule has 1 N–H and O–H groups in total. The lowest BCUT2D eigenvalue weighted by atomic mass is 10.00. The average molecular weight is 254 g/mol. The Labute approximate surface area is 111 Å². The van der Waals surface area contributed by atoms with Crippen LogP contribution in [-0.2, 0) is 6.54 Å². The lowest BCUT2D eigenvalue weighted by Crippen LogP contribution is -2.19. The van der Waals surface area contributed by atoms with Gasteiger partial charge in [0.2, 0.25) is 0 Å². The molecule has 0 aliphatic heterocycles. The lowest BCUT2D eigenvalue weighted by Gasteiger charge is -2.13. The van der Waals surface area contributed by atoms with Crippen LogP contribution in [0.15, 0.2) is 12.1 Å². The third-order valence-electron chi connectivity index (χ3n) is 3.22. The van der Waals surface area contributed by atoms with E-state index >= 15 is 0 Å². The molecule has 0 aromatic heterocycles. The van der Waals surface area contributed by atoms with Crippen molar-refractivity contribution in [1.82, 2.24) is 5.32 Å². The van der Waals surface area contributed by atoms with E-state index in [2.05, 4.69) is 45.1 Å². The number of halogens is 1. The van der Waals surface area contributed by atoms with Gasteiger partial charge in [0.25, 0.3) is 0 Å². The summed E-state index contributed by atoms with van der Waals surface area (Å²) in [5.41, 5.74) is 5.54. The Balaban J connectivity index is 2.47. The molecule has 1 unspecified atom stereocenters. The predicted octanol–water partition coefficient (Wildman–Crippen LogP) is 4.11. The zero-order chi connectivity index (χ0) is 12.8. The molecule has 96 valence electrons. The summed E-state index contributed by atoms with van der Waals surface area (Å²) in [6.07, 6.45) is 2.09. The van der Waals surface area contributed by atoms with Gasteiger partial charge in [0.1, 0.15) is 0 Å². The Kier molecular flexibility index (Phi) is 6.01. The molecule has 0 aliphatic rings. The summed E-state index contributed by atoms with van der Waals surface area (Å²) in [5, 5.41) is 3.79. The Morgan fingerprint density at radius 2 is 1.76 bits per heavy atom. The van der Waals surface area contributed by atoms with Crippen LogP contribution in [0.3, 0.4) is 0 Å². The summed E-state index contributed by atoms with van der Waals surface area (Å²) >= 11 is 6.09. The predicted molar refractivity (Wildman–Crippen MR) is 76.9 cm³/mol. The second-order valence-electron chi connectivity index (χ2n) is 4.85. The van der Waals surface area contributed by atoms with Gasteiger partial charge in [-0.1, -0.05) is 24.6 Å². The first kappa shape index (κ1) is 14.5. The first-order valence-electron chi connectivity index (χ1n) is 6.46. The van der Waals surface area contributed by atoms with Crippen LogP contribution in [0, 0.1) is 20.8 Å². The van der Waals surface area contributed by atoms with E-state index in [0.29, 0.717) is 5.38 Å². The molecule has 1 aromatic rings. The summed E-state index contributed by atoms with van der Waals surface area (Å²) in [6.45, 7) is 10.6. The molecule has 0 aliphatic carbocycles. The van der Waals surface area contributed by atoms with E-state index in [9.17, 15) is 0 Å². The van der Waals surface area contributed by atoms with Crippen molar-refractivity contribution in [2.75, 3.05) is 6.54 Å². The molecule has 1 rings (SSSR count). The van der Waals surface area contributed by atoms with Gasteiger partial charge in [0, 0.05) is 11.9 Å². The van der Waals surface area contributed by atoms with Gasteiger partial charge in [-0.2, -0.15) is 0 Å². The van der Waals surface area contributed by atoms with Crippen LogP contribution in [0.5, 0.6) is 0 Å². The molecule has 1 nitrogen and oxygen atoms in total. The molecule has 1 atom stereocenters. The van der Waals surface area contributed by atoms with Crippen LogP contribution in [0.2, 0.25) is 0 Å². The van der Waals surface area contributed by atoms with Gasteiger partial charge in [-0.05, 0) is 56.8 Å². The molecule has 0 fully saturated rings. The molecule has 0 saturated heterocycles. The minimum atomic E-state index is 0.308. The van der Waals surface area contributed by atoms with Gasteiger partial charge in [0.15, 0.2) is 0 Å². The number of benzene rings is 1. The topological polar surface area (TPSA) is 12.0 Å². The zero-order valence-corrected chi connectivity index (χ0v) is 12.2. The van der Waals surface area contributed by atoms with Crippen LogP contribution in [0.25, 0.3) is 0 Å². The molecule has 2 heteroatoms. The molecule has 0 bridgehead atoms. The first-order chi connectivity index (χ1) is 8.04. The van der Waals surface area contributed by atoms with E-state index < -0.39 is 0 Å². The molecule has 17 heavy (non-hydrogen) atoms. The third-order valence-corrected chi connectivity index (χ3v) is 3.75. The van der Waals surface area contributed by atoms with Crippen molar-refractivity contribution in [2.45, 2.75) is 52.5 Å². The Bertz CT molecular complexity index is 337. The van der Waals surface area contributed by atoms with Crippen LogP contribution in [0.1, 0.15) is 42.0 Å². The Morgan fingerprint density at radius 1 is 1.18 bits per heavy atom. The van der Waals surface area contributed by atoms with Crippen LogP contribution >= 0.6 is 11.6 Å². The summed E-state index contributed by atoms with van der Waals surface area (Å²) in [7, 11) is 0. The maximum absolute atomic E-state index is 6.09. The largest absolute Gasteiger partial charge is 0.313 e. The van der Waals surface area contributed by atoms with E-state index in [1.165, 1.54) is 22.3 Å². The molecule has 0 amide bonds. The van der Waals surface area contributed by atoms with E-state index in [-0.39, 0.29) is 0 Å². The van der Waals surface area contributed by atoms with Gasteiger partial charge in [-0.15, -0.1) is 11.6 Å². The minimum absolute atomic E-state index is 0.308. The van der Waals surface area contributed by atoms with Crippen molar-refractivity contribution in [3.05, 3.63) is 34.4 Å². The van der Waals surface area contributed by atoms with Crippen molar-refractivity contribution >= 4 is 11.6 Å². The van der Waals surface area contributed by atoms with Gasteiger partial charge < -0.3 is 5.32 Å². The van der Waals surface area contributed by atoms with Gasteiger partial charge >= 0.3 is 0 Å². The number of alkyl halides is 1. The van der Waals surface area contributed by atoms with Gasteiger partial charge in [-0.3, -0.25) is 0 Å². The number of rotatable bonds is 6. The van der Waals surface area contributed by atoms with Crippen LogP contribution in [0.4, 0.5) is 0 Å². The highest BCUT2D eigenvalue weighted by Crippen LogP contribution is 2.16. The summed E-state index contributed by atoms with van der Waals surface area (Å²) < 4.78 is 0. The van der Waals surface area contributed by atoms with Crippen molar-refractivity contribution in [2.24, 2.45) is 0 Å². The van der Waals surface area contributed by atoms with Gasteiger partial charge in [0.05, 0.1) is 0 Å². The van der Waals surface area contributed by atoms with E-state index in [0.717, 1.165) is 25.9 Å². The standard InChI is InChI=1S/C15H24ClN/c1-5-14(16)6-7-17-10-15-12(3)8-11(2)9-13(15)4/h8-9,14,17H,5-7,10H2,1-4H3. The fourth-order valence-electron chi connectivity index (χ4n) is 2.16. The second kappa shape index (κ2) is 7.03. The Morgan fingerprint density at radius 3 is 2.29 bits per heavy atom. The van der Waals surface area contributed by atoms with Gasteiger partial charge in [-0.25, -0.2) is 0 Å². The van der Waals surface area contributed by atoms with Crippen molar-refractivity contribution in [1.29, 1.82) is 0 Å². The van der Waals surface area contributed by atoms with Crippen molar-refractivity contribution < 1.29 is 0 Å². The highest BCUT2D eigenvalue weighted by molar-refractivity contribution is 6.20. The van der Waals surface area contributed by atoms with E-state index in [1.54, 1.807) is 0 Å². The lowest BCUT2D eigenvalue weighted by molar-refractivity contribution is 0.619. The second-order valence-corrected chi connectivity index (χ2v) is 5.47. The number of aryl methyl sites for hydroxylation is 3. The highest BCUT2D eigenvalue weighted by atomic mass is 35.5. The molecule has 0 spiro atoms. The third kappa shape index (κ3) is 4.69. The van der Waals surface area contributed by atoms with Crippen molar-refractivity contribution in [3.8, 4) is 0 Å². The first-order valence-corrected chi connectivity index (χ1v) is 6.89. The molecular formula is C15H24ClN. The normalized spacial score (nSPS) is 12.8. The monoisotopic (exact) mass is 253 g/mol. The summed E-state index contributed by atoms with van der Waals surface area (Å²) in [4.78, 5) is 0. The Hall–Kier alpha value is -0.530. The molecular weight excluding hydrogens is 230 g/mol. The quantitative estimate of drug-likeness (QED) is 0.594. The van der Waals surface area contributed by atoms with Crippen molar-refractivity contribution in [3.63, 3.8) is 0 Å².